The number of aliphatic hydroxyl groups excluding tert-OH is 2. The van der Waals surface area contributed by atoms with Crippen LogP contribution < -0.4 is 0 Å². The topological polar surface area (TPSA) is 104 Å². The van der Waals surface area contributed by atoms with E-state index in [2.05, 4.69) is 6.92 Å². The summed E-state index contributed by atoms with van der Waals surface area (Å²) < 4.78 is 5.73. The van der Waals surface area contributed by atoms with Crippen molar-refractivity contribution in [2.75, 3.05) is 0 Å². The summed E-state index contributed by atoms with van der Waals surface area (Å²) in [6.45, 7) is 9.65. The van der Waals surface area contributed by atoms with Gasteiger partial charge in [0.15, 0.2) is 5.78 Å². The van der Waals surface area contributed by atoms with E-state index in [4.69, 9.17) is 4.74 Å². The third-order valence-electron chi connectivity index (χ3n) is 10.7. The average molecular weight is 471 g/mol. The molecule has 186 valence electrons. The van der Waals surface area contributed by atoms with Gasteiger partial charge in [0.25, 0.3) is 0 Å². The molecular formula is C28H38O6. The van der Waals surface area contributed by atoms with Crippen LogP contribution in [0.2, 0.25) is 0 Å². The van der Waals surface area contributed by atoms with Gasteiger partial charge >= 0.3 is 5.97 Å². The molecular weight excluding hydrogens is 432 g/mol. The van der Waals surface area contributed by atoms with Gasteiger partial charge < -0.3 is 20.1 Å². The zero-order chi connectivity index (χ0) is 24.8. The molecule has 0 aromatic carbocycles. The average Bonchev–Trinajstić information content (AvgIpc) is 3.14. The van der Waals surface area contributed by atoms with E-state index in [-0.39, 0.29) is 40.8 Å². The second-order valence-corrected chi connectivity index (χ2v) is 12.2. The van der Waals surface area contributed by atoms with Gasteiger partial charge in [-0.05, 0) is 100 Å². The molecule has 5 rings (SSSR count). The van der Waals surface area contributed by atoms with Crippen LogP contribution in [0.1, 0.15) is 66.7 Å². The summed E-state index contributed by atoms with van der Waals surface area (Å²) in [6, 6.07) is 0. The summed E-state index contributed by atoms with van der Waals surface area (Å²) in [6.07, 6.45) is 6.27. The van der Waals surface area contributed by atoms with E-state index >= 15 is 0 Å². The normalized spacial score (nSPS) is 47.9. The Bertz CT molecular complexity index is 1020. The van der Waals surface area contributed by atoms with E-state index < -0.39 is 29.3 Å². The summed E-state index contributed by atoms with van der Waals surface area (Å²) in [5.74, 6) is -0.491. The molecule has 34 heavy (non-hydrogen) atoms. The quantitative estimate of drug-likeness (QED) is 0.423. The molecule has 6 nitrogen and oxygen atoms in total. The Morgan fingerprint density at radius 3 is 2.47 bits per heavy atom. The highest BCUT2D eigenvalue weighted by molar-refractivity contribution is 5.99. The van der Waals surface area contributed by atoms with Crippen LogP contribution in [-0.4, -0.2) is 51.0 Å². The Kier molecular flexibility index (Phi) is 5.37. The molecule has 0 aromatic heterocycles. The Morgan fingerprint density at radius 1 is 1.09 bits per heavy atom. The van der Waals surface area contributed by atoms with E-state index in [9.17, 15) is 24.9 Å². The molecule has 0 saturated heterocycles. The van der Waals surface area contributed by atoms with Crippen molar-refractivity contribution >= 4 is 11.8 Å². The lowest BCUT2D eigenvalue weighted by Crippen LogP contribution is -2.60. The van der Waals surface area contributed by atoms with Crippen LogP contribution in [0.25, 0.3) is 0 Å². The summed E-state index contributed by atoms with van der Waals surface area (Å²) in [4.78, 5) is 25.5. The van der Waals surface area contributed by atoms with Gasteiger partial charge in [0, 0.05) is 12.0 Å². The molecule has 0 bridgehead atoms. The van der Waals surface area contributed by atoms with E-state index in [1.807, 2.05) is 20.8 Å². The number of rotatable bonds is 2. The van der Waals surface area contributed by atoms with Crippen molar-refractivity contribution in [1.29, 1.82) is 0 Å². The van der Waals surface area contributed by atoms with Crippen molar-refractivity contribution in [2.24, 2.45) is 34.5 Å². The molecule has 0 amide bonds. The molecule has 2 fully saturated rings. The maximum Gasteiger partial charge on any atom is 0.334 e. The second kappa shape index (κ2) is 7.62. The lowest BCUT2D eigenvalue weighted by molar-refractivity contribution is -0.184. The predicted molar refractivity (Wildman–Crippen MR) is 126 cm³/mol. The van der Waals surface area contributed by atoms with Gasteiger partial charge in [0.05, 0.1) is 17.6 Å². The van der Waals surface area contributed by atoms with Gasteiger partial charge in [-0.2, -0.15) is 0 Å². The van der Waals surface area contributed by atoms with E-state index in [0.29, 0.717) is 17.6 Å². The molecule has 3 N–H and O–H groups in total. The largest absolute Gasteiger partial charge is 0.456 e. The molecule has 5 aliphatic rings. The number of fused-ring (bicyclic) bond motifs is 5. The number of cyclic esters (lactones) is 1. The standard InChI is InChI=1S/C28H38O6/c1-14-12-23(34-25(32)15(14)2)28(5,33)21-8-6-16-24-17(10-11-26(16,21)3)27(4)18(13-20(24)30)19(29)7-9-22(27)31/h7,9,13,16-17,19-21,23-24,29-30,33H,6,8,10-12H2,1-5H3/t16?,17?,19-,20+,21?,23+,24?,26-,27+,28+/m0/s1. The minimum atomic E-state index is -1.20. The third kappa shape index (κ3) is 3.04. The molecule has 4 aliphatic carbocycles. The Morgan fingerprint density at radius 2 is 1.79 bits per heavy atom. The number of hydrogen-bond acceptors (Lipinski definition) is 6. The van der Waals surface area contributed by atoms with Crippen molar-refractivity contribution in [3.63, 3.8) is 0 Å². The fourth-order valence-electron chi connectivity index (χ4n) is 8.59. The number of ketones is 1. The lowest BCUT2D eigenvalue weighted by Gasteiger charge is -2.59. The van der Waals surface area contributed by atoms with Crippen LogP contribution in [0.3, 0.4) is 0 Å². The van der Waals surface area contributed by atoms with Crippen molar-refractivity contribution in [2.45, 2.75) is 90.6 Å². The van der Waals surface area contributed by atoms with Crippen molar-refractivity contribution < 1.29 is 29.6 Å². The van der Waals surface area contributed by atoms with E-state index in [1.54, 1.807) is 13.0 Å². The van der Waals surface area contributed by atoms with Gasteiger partial charge in [-0.25, -0.2) is 4.79 Å². The number of esters is 1. The Balaban J connectivity index is 1.48. The highest BCUT2D eigenvalue weighted by atomic mass is 16.6. The van der Waals surface area contributed by atoms with Gasteiger partial charge in [-0.3, -0.25) is 4.79 Å². The van der Waals surface area contributed by atoms with Gasteiger partial charge in [0.2, 0.25) is 0 Å². The molecule has 1 aliphatic heterocycles. The fraction of sp³-hybridized carbons (Fsp3) is 0.714. The van der Waals surface area contributed by atoms with Crippen LogP contribution in [-0.2, 0) is 14.3 Å². The number of aliphatic hydroxyl groups is 3. The third-order valence-corrected chi connectivity index (χ3v) is 10.7. The fourth-order valence-corrected chi connectivity index (χ4v) is 8.59. The molecule has 2 saturated carbocycles. The summed E-state index contributed by atoms with van der Waals surface area (Å²) in [5, 5.41) is 33.8. The van der Waals surface area contributed by atoms with Gasteiger partial charge in [-0.1, -0.05) is 18.6 Å². The smallest absolute Gasteiger partial charge is 0.334 e. The first kappa shape index (κ1) is 24.0. The minimum absolute atomic E-state index is 0.00264. The van der Waals surface area contributed by atoms with Crippen molar-refractivity contribution in [3.05, 3.63) is 34.9 Å². The Hall–Kier alpha value is -1.76. The molecule has 1 heterocycles. The first-order valence-corrected chi connectivity index (χ1v) is 12.7. The minimum Gasteiger partial charge on any atom is -0.456 e. The van der Waals surface area contributed by atoms with Crippen molar-refractivity contribution in [1.82, 2.24) is 0 Å². The van der Waals surface area contributed by atoms with Gasteiger partial charge in [0.1, 0.15) is 11.7 Å². The summed E-state index contributed by atoms with van der Waals surface area (Å²) >= 11 is 0. The summed E-state index contributed by atoms with van der Waals surface area (Å²) in [7, 11) is 0. The first-order valence-electron chi connectivity index (χ1n) is 12.7. The monoisotopic (exact) mass is 470 g/mol. The number of allylic oxidation sites excluding steroid dienone is 1. The molecule has 0 aromatic rings. The number of ether oxygens (including phenoxy) is 1. The summed E-state index contributed by atoms with van der Waals surface area (Å²) in [5.41, 5.74) is -0.0455. The molecule has 6 heteroatoms. The highest BCUT2D eigenvalue weighted by Crippen LogP contribution is 2.67. The van der Waals surface area contributed by atoms with E-state index in [1.165, 1.54) is 12.2 Å². The highest BCUT2D eigenvalue weighted by Gasteiger charge is 2.65. The number of hydrogen-bond donors (Lipinski definition) is 3. The van der Waals surface area contributed by atoms with Crippen LogP contribution in [0, 0.1) is 34.5 Å². The van der Waals surface area contributed by atoms with E-state index in [0.717, 1.165) is 31.3 Å². The van der Waals surface area contributed by atoms with Crippen LogP contribution in [0.5, 0.6) is 0 Å². The van der Waals surface area contributed by atoms with Crippen molar-refractivity contribution in [3.8, 4) is 0 Å². The van der Waals surface area contributed by atoms with Gasteiger partial charge in [-0.15, -0.1) is 0 Å². The number of carbonyl (C=O) groups is 2. The lowest BCUT2D eigenvalue weighted by atomic mass is 9.46. The molecule has 0 spiro atoms. The zero-order valence-electron chi connectivity index (χ0n) is 20.9. The molecule has 0 radical (unpaired) electrons. The first-order chi connectivity index (χ1) is 15.8. The Labute approximate surface area is 201 Å². The van der Waals surface area contributed by atoms with Crippen LogP contribution in [0.15, 0.2) is 34.9 Å². The van der Waals surface area contributed by atoms with Crippen LogP contribution >= 0.6 is 0 Å². The van der Waals surface area contributed by atoms with Crippen LogP contribution in [0.4, 0.5) is 0 Å². The maximum absolute atomic E-state index is 13.1. The molecule has 4 unspecified atom stereocenters. The second-order valence-electron chi connectivity index (χ2n) is 12.2. The predicted octanol–water partition coefficient (Wildman–Crippen LogP) is 3.26. The number of carbonyl (C=O) groups excluding carboxylic acids is 2. The molecule has 10 atom stereocenters. The zero-order valence-corrected chi connectivity index (χ0v) is 20.9. The maximum atomic E-state index is 13.1. The SMILES string of the molecule is CC1=C(C)C(=O)O[C@@H]([C@](C)(O)C2CCC3C4C(CC[C@@]32C)[C@@]2(C)C(=O)C=C[C@H](O)C2=C[C@H]4O)C1.